The minimum atomic E-state index is -3.83. The zero-order chi connectivity index (χ0) is 20.4. The molecule has 1 aromatic rings. The summed E-state index contributed by atoms with van der Waals surface area (Å²) >= 11 is 0. The molecule has 0 aromatic carbocycles. The van der Waals surface area contributed by atoms with E-state index in [2.05, 4.69) is 9.17 Å². The molecular weight excluding hydrogens is 390 g/mol. The predicted molar refractivity (Wildman–Crippen MR) is 84.7 cm³/mol. The first-order chi connectivity index (χ1) is 12.5. The minimum Gasteiger partial charge on any atom is -0.456 e. The summed E-state index contributed by atoms with van der Waals surface area (Å²) in [5.74, 6) is -1.95. The van der Waals surface area contributed by atoms with E-state index >= 15 is 0 Å². The van der Waals surface area contributed by atoms with E-state index in [0.717, 1.165) is 37.2 Å². The molecule has 14 heteroatoms. The van der Waals surface area contributed by atoms with Crippen molar-refractivity contribution in [3.8, 4) is 0 Å². The van der Waals surface area contributed by atoms with Crippen molar-refractivity contribution in [2.24, 2.45) is 0 Å². The molecule has 1 aliphatic rings. The smallest absolute Gasteiger partial charge is 0.381 e. The normalized spacial score (nSPS) is 25.1. The lowest BCUT2D eigenvalue weighted by Crippen LogP contribution is -2.40. The zero-order valence-corrected chi connectivity index (χ0v) is 15.3. The third-order valence-corrected chi connectivity index (χ3v) is 3.97. The van der Waals surface area contributed by atoms with Crippen molar-refractivity contribution >= 4 is 27.9 Å². The molecule has 0 amide bonds. The van der Waals surface area contributed by atoms with E-state index in [1.54, 1.807) is 0 Å². The SMILES string of the molecule is CC(=O)OC1C(COS(C)(=O)=O)OC(n2cnc([N+](=O)[O-])c2)C1OC(C)=O. The molecule has 1 saturated heterocycles. The Morgan fingerprint density at radius 2 is 1.89 bits per heavy atom. The van der Waals surface area contributed by atoms with Crippen LogP contribution in [0.1, 0.15) is 20.1 Å². The fourth-order valence-electron chi connectivity index (χ4n) is 2.48. The van der Waals surface area contributed by atoms with Gasteiger partial charge in [0.2, 0.25) is 6.33 Å². The summed E-state index contributed by atoms with van der Waals surface area (Å²) in [4.78, 5) is 36.6. The number of rotatable bonds is 7. The molecule has 0 aliphatic carbocycles. The van der Waals surface area contributed by atoms with Gasteiger partial charge in [0.25, 0.3) is 10.1 Å². The average molecular weight is 407 g/mol. The Morgan fingerprint density at radius 1 is 1.30 bits per heavy atom. The lowest BCUT2D eigenvalue weighted by molar-refractivity contribution is -0.389. The van der Waals surface area contributed by atoms with Gasteiger partial charge in [0.1, 0.15) is 12.3 Å². The van der Waals surface area contributed by atoms with E-state index < -0.39 is 63.9 Å². The maximum atomic E-state index is 11.5. The lowest BCUT2D eigenvalue weighted by atomic mass is 10.1. The van der Waals surface area contributed by atoms with Gasteiger partial charge in [0.15, 0.2) is 18.4 Å². The first-order valence-corrected chi connectivity index (χ1v) is 9.31. The van der Waals surface area contributed by atoms with Crippen molar-refractivity contribution in [1.29, 1.82) is 0 Å². The highest BCUT2D eigenvalue weighted by Gasteiger charge is 2.50. The van der Waals surface area contributed by atoms with E-state index in [1.807, 2.05) is 0 Å². The molecule has 0 radical (unpaired) electrons. The van der Waals surface area contributed by atoms with Crippen molar-refractivity contribution in [2.45, 2.75) is 38.4 Å². The summed E-state index contributed by atoms with van der Waals surface area (Å²) in [5, 5.41) is 10.8. The highest BCUT2D eigenvalue weighted by Crippen LogP contribution is 2.35. The van der Waals surface area contributed by atoms with Gasteiger partial charge in [-0.2, -0.15) is 8.42 Å². The van der Waals surface area contributed by atoms with Crippen LogP contribution in [0.5, 0.6) is 0 Å². The summed E-state index contributed by atoms with van der Waals surface area (Å²) in [6, 6.07) is 0. The molecule has 4 atom stereocenters. The van der Waals surface area contributed by atoms with E-state index in [-0.39, 0.29) is 0 Å². The molecule has 0 N–H and O–H groups in total. The molecule has 150 valence electrons. The van der Waals surface area contributed by atoms with Gasteiger partial charge in [-0.05, 0) is 9.91 Å². The maximum Gasteiger partial charge on any atom is 0.381 e. The predicted octanol–water partition coefficient (Wildman–Crippen LogP) is -0.472. The summed E-state index contributed by atoms with van der Waals surface area (Å²) in [6.45, 7) is 1.69. The highest BCUT2D eigenvalue weighted by atomic mass is 32.2. The second kappa shape index (κ2) is 7.98. The average Bonchev–Trinajstić information content (AvgIpc) is 3.10. The van der Waals surface area contributed by atoms with Gasteiger partial charge in [-0.3, -0.25) is 18.3 Å². The monoisotopic (exact) mass is 407 g/mol. The summed E-state index contributed by atoms with van der Waals surface area (Å²) in [5.41, 5.74) is 0. The number of nitro groups is 1. The molecule has 1 fully saturated rings. The van der Waals surface area contributed by atoms with E-state index in [4.69, 9.17) is 14.2 Å². The lowest BCUT2D eigenvalue weighted by Gasteiger charge is -2.23. The standard InChI is InChI=1S/C13H17N3O10S/c1-7(17)24-11-9(5-23-27(3,21)22)26-13(12(11)25-8(2)18)15-4-10(14-6-15)16(19)20/h4,6,9,11-13H,5H2,1-3H3. The Bertz CT molecular complexity index is 835. The summed E-state index contributed by atoms with van der Waals surface area (Å²) in [7, 11) is -3.83. The Balaban J connectivity index is 2.35. The van der Waals surface area contributed by atoms with Gasteiger partial charge in [0.05, 0.1) is 12.9 Å². The minimum absolute atomic E-state index is 0.486. The van der Waals surface area contributed by atoms with Crippen LogP contribution in [0.25, 0.3) is 0 Å². The molecule has 27 heavy (non-hydrogen) atoms. The van der Waals surface area contributed by atoms with E-state index in [0.29, 0.717) is 0 Å². The van der Waals surface area contributed by atoms with Crippen LogP contribution in [0.3, 0.4) is 0 Å². The molecule has 1 aliphatic heterocycles. The number of hydrogen-bond donors (Lipinski definition) is 0. The molecule has 2 rings (SSSR count). The van der Waals surface area contributed by atoms with Gasteiger partial charge < -0.3 is 24.3 Å². The number of carbonyl (C=O) groups excluding carboxylic acids is 2. The Hall–Kier alpha value is -2.58. The number of esters is 2. The van der Waals surface area contributed by atoms with E-state index in [9.17, 15) is 28.1 Å². The van der Waals surface area contributed by atoms with Gasteiger partial charge in [-0.25, -0.2) is 0 Å². The van der Waals surface area contributed by atoms with Crippen molar-refractivity contribution < 1.29 is 41.3 Å². The Labute approximate surface area is 153 Å². The summed E-state index contributed by atoms with van der Waals surface area (Å²) in [6.07, 6.45) is -1.78. The zero-order valence-electron chi connectivity index (χ0n) is 14.5. The van der Waals surface area contributed by atoms with Crippen LogP contribution < -0.4 is 0 Å². The molecule has 1 aromatic heterocycles. The van der Waals surface area contributed by atoms with Gasteiger partial charge in [-0.1, -0.05) is 0 Å². The number of carbonyl (C=O) groups is 2. The fourth-order valence-corrected chi connectivity index (χ4v) is 2.86. The molecular formula is C13H17N3O10S. The van der Waals surface area contributed by atoms with Crippen molar-refractivity contribution in [3.63, 3.8) is 0 Å². The highest BCUT2D eigenvalue weighted by molar-refractivity contribution is 7.85. The van der Waals surface area contributed by atoms with Gasteiger partial charge in [0, 0.05) is 13.8 Å². The molecule has 0 saturated carbocycles. The Morgan fingerprint density at radius 3 is 2.37 bits per heavy atom. The summed E-state index contributed by atoms with van der Waals surface area (Å²) < 4.78 is 44.2. The van der Waals surface area contributed by atoms with Crippen LogP contribution in [-0.4, -0.2) is 66.0 Å². The second-order valence-corrected chi connectivity index (χ2v) is 7.28. The molecule has 2 heterocycles. The maximum absolute atomic E-state index is 11.5. The van der Waals surface area contributed by atoms with Gasteiger partial charge in [-0.15, -0.1) is 0 Å². The first kappa shape index (κ1) is 20.7. The van der Waals surface area contributed by atoms with Crippen molar-refractivity contribution in [3.05, 3.63) is 22.6 Å². The van der Waals surface area contributed by atoms with Crippen LogP contribution in [0.4, 0.5) is 5.82 Å². The topological polar surface area (TPSA) is 166 Å². The van der Waals surface area contributed by atoms with Gasteiger partial charge >= 0.3 is 17.8 Å². The fraction of sp³-hybridized carbons (Fsp3) is 0.615. The molecule has 0 spiro atoms. The number of aromatic nitrogens is 2. The number of nitrogens with zero attached hydrogens (tertiary/aromatic N) is 3. The molecule has 0 bridgehead atoms. The van der Waals surface area contributed by atoms with Crippen molar-refractivity contribution in [2.75, 3.05) is 12.9 Å². The number of imidazole rings is 1. The van der Waals surface area contributed by atoms with Crippen LogP contribution in [0, 0.1) is 10.1 Å². The number of ether oxygens (including phenoxy) is 3. The second-order valence-electron chi connectivity index (χ2n) is 5.64. The Kier molecular flexibility index (Phi) is 6.12. The molecule has 13 nitrogen and oxygen atoms in total. The third-order valence-electron chi connectivity index (χ3n) is 3.40. The van der Waals surface area contributed by atoms with Crippen LogP contribution in [0.15, 0.2) is 12.5 Å². The largest absolute Gasteiger partial charge is 0.456 e. The van der Waals surface area contributed by atoms with Crippen LogP contribution >= 0.6 is 0 Å². The van der Waals surface area contributed by atoms with Crippen LogP contribution in [0.2, 0.25) is 0 Å². The number of hydrogen-bond acceptors (Lipinski definition) is 11. The first-order valence-electron chi connectivity index (χ1n) is 7.50. The van der Waals surface area contributed by atoms with Crippen LogP contribution in [-0.2, 0) is 38.1 Å². The third kappa shape index (κ3) is 5.45. The van der Waals surface area contributed by atoms with Crippen molar-refractivity contribution in [1.82, 2.24) is 9.55 Å². The quantitative estimate of drug-likeness (QED) is 0.248. The molecule has 4 unspecified atom stereocenters. The van der Waals surface area contributed by atoms with E-state index in [1.165, 1.54) is 0 Å².